The monoisotopic (exact) mass is 325 g/mol. The Bertz CT molecular complexity index is 585. The van der Waals surface area contributed by atoms with Gasteiger partial charge in [-0.15, -0.1) is 23.7 Å². The fourth-order valence-electron chi connectivity index (χ4n) is 1.99. The fourth-order valence-corrected chi connectivity index (χ4v) is 2.71. The zero-order valence-corrected chi connectivity index (χ0v) is 12.9. The molecule has 1 amide bonds. The molecule has 1 atom stereocenters. The molecule has 1 aliphatic heterocycles. The number of benzene rings is 1. The van der Waals surface area contributed by atoms with Crippen LogP contribution in [0.5, 0.6) is 0 Å². The van der Waals surface area contributed by atoms with Gasteiger partial charge in [0.1, 0.15) is 6.10 Å². The first-order valence-corrected chi connectivity index (χ1v) is 7.35. The lowest BCUT2D eigenvalue weighted by Gasteiger charge is -2.22. The van der Waals surface area contributed by atoms with E-state index in [0.29, 0.717) is 18.3 Å². The van der Waals surface area contributed by atoms with Crippen LogP contribution >= 0.6 is 23.7 Å². The third-order valence-corrected chi connectivity index (χ3v) is 3.78. The molecular formula is C14H16ClN3O2S. The van der Waals surface area contributed by atoms with Crippen molar-refractivity contribution in [2.24, 2.45) is 0 Å². The number of aromatic nitrogens is 1. The van der Waals surface area contributed by atoms with E-state index in [9.17, 15) is 4.79 Å². The number of halogens is 1. The van der Waals surface area contributed by atoms with Crippen molar-refractivity contribution in [3.63, 3.8) is 0 Å². The minimum absolute atomic E-state index is 0. The highest BCUT2D eigenvalue weighted by atomic mass is 35.5. The molecule has 21 heavy (non-hydrogen) atoms. The van der Waals surface area contributed by atoms with E-state index in [1.165, 1.54) is 11.3 Å². The van der Waals surface area contributed by atoms with Gasteiger partial charge in [0, 0.05) is 24.0 Å². The SMILES string of the molecule is Cl.O=C(Nc1nc(-c2ccccc2)cs1)[C@H]1CNCCO1. The van der Waals surface area contributed by atoms with E-state index in [0.717, 1.165) is 17.8 Å². The second-order valence-corrected chi connectivity index (χ2v) is 5.31. The Morgan fingerprint density at radius 2 is 2.19 bits per heavy atom. The molecule has 0 spiro atoms. The highest BCUT2D eigenvalue weighted by Gasteiger charge is 2.22. The van der Waals surface area contributed by atoms with Crippen LogP contribution in [0.25, 0.3) is 11.3 Å². The predicted octanol–water partition coefficient (Wildman–Crippen LogP) is 2.16. The number of morpholine rings is 1. The van der Waals surface area contributed by atoms with Gasteiger partial charge in [-0.25, -0.2) is 4.98 Å². The summed E-state index contributed by atoms with van der Waals surface area (Å²) in [5.41, 5.74) is 1.91. The van der Waals surface area contributed by atoms with E-state index >= 15 is 0 Å². The van der Waals surface area contributed by atoms with Gasteiger partial charge in [0.2, 0.25) is 0 Å². The Kier molecular flexibility index (Phi) is 5.69. The summed E-state index contributed by atoms with van der Waals surface area (Å²) in [6.45, 7) is 1.90. The van der Waals surface area contributed by atoms with Gasteiger partial charge in [-0.1, -0.05) is 30.3 Å². The van der Waals surface area contributed by atoms with Crippen molar-refractivity contribution in [2.75, 3.05) is 25.0 Å². The molecule has 1 aliphatic rings. The normalized spacial score (nSPS) is 17.8. The Hall–Kier alpha value is -1.47. The molecule has 2 aromatic rings. The molecule has 2 N–H and O–H groups in total. The molecular weight excluding hydrogens is 310 g/mol. The van der Waals surface area contributed by atoms with E-state index in [1.807, 2.05) is 35.7 Å². The molecule has 1 aromatic heterocycles. The highest BCUT2D eigenvalue weighted by molar-refractivity contribution is 7.14. The number of carbonyl (C=O) groups is 1. The maximum absolute atomic E-state index is 12.0. The average Bonchev–Trinajstić information content (AvgIpc) is 2.97. The van der Waals surface area contributed by atoms with Crippen LogP contribution in [-0.2, 0) is 9.53 Å². The van der Waals surface area contributed by atoms with Gasteiger partial charge in [0.15, 0.2) is 5.13 Å². The van der Waals surface area contributed by atoms with Crippen LogP contribution < -0.4 is 10.6 Å². The Balaban J connectivity index is 0.00000161. The lowest BCUT2D eigenvalue weighted by molar-refractivity contribution is -0.128. The first kappa shape index (κ1) is 15.9. The van der Waals surface area contributed by atoms with E-state index in [2.05, 4.69) is 15.6 Å². The van der Waals surface area contributed by atoms with Crippen LogP contribution in [0.15, 0.2) is 35.7 Å². The molecule has 5 nitrogen and oxygen atoms in total. The fraction of sp³-hybridized carbons (Fsp3) is 0.286. The lowest BCUT2D eigenvalue weighted by Crippen LogP contribution is -2.45. The third kappa shape index (κ3) is 4.01. The summed E-state index contributed by atoms with van der Waals surface area (Å²) in [7, 11) is 0. The predicted molar refractivity (Wildman–Crippen MR) is 86.0 cm³/mol. The second-order valence-electron chi connectivity index (χ2n) is 4.46. The number of hydrogen-bond donors (Lipinski definition) is 2. The maximum atomic E-state index is 12.0. The Morgan fingerprint density at radius 3 is 2.90 bits per heavy atom. The van der Waals surface area contributed by atoms with Crippen LogP contribution in [0.4, 0.5) is 5.13 Å². The van der Waals surface area contributed by atoms with Crippen molar-refractivity contribution in [2.45, 2.75) is 6.10 Å². The van der Waals surface area contributed by atoms with Gasteiger partial charge in [0.25, 0.3) is 5.91 Å². The standard InChI is InChI=1S/C14H15N3O2S.ClH/c18-13(12-8-15-6-7-19-12)17-14-16-11(9-20-14)10-4-2-1-3-5-10;/h1-5,9,12,15H,6-8H2,(H,16,17,18);1H/t12-;/m1./s1. The van der Waals surface area contributed by atoms with E-state index < -0.39 is 6.10 Å². The molecule has 2 heterocycles. The molecule has 0 bridgehead atoms. The summed E-state index contributed by atoms with van der Waals surface area (Å²) >= 11 is 1.42. The first-order valence-electron chi connectivity index (χ1n) is 6.47. The molecule has 0 unspecified atom stereocenters. The van der Waals surface area contributed by atoms with Crippen LogP contribution in [-0.4, -0.2) is 36.7 Å². The van der Waals surface area contributed by atoms with Crippen molar-refractivity contribution in [1.82, 2.24) is 10.3 Å². The molecule has 1 fully saturated rings. The Labute approximate surface area is 133 Å². The van der Waals surface area contributed by atoms with Crippen LogP contribution in [0.3, 0.4) is 0 Å². The molecule has 0 radical (unpaired) electrons. The van der Waals surface area contributed by atoms with Crippen molar-refractivity contribution in [3.8, 4) is 11.3 Å². The summed E-state index contributed by atoms with van der Waals surface area (Å²) < 4.78 is 5.41. The van der Waals surface area contributed by atoms with Gasteiger partial charge in [-0.2, -0.15) is 0 Å². The van der Waals surface area contributed by atoms with Crippen LogP contribution in [0.1, 0.15) is 0 Å². The number of thiazole rings is 1. The first-order chi connectivity index (χ1) is 9.83. The summed E-state index contributed by atoms with van der Waals surface area (Å²) in [5, 5.41) is 8.47. The number of hydrogen-bond acceptors (Lipinski definition) is 5. The maximum Gasteiger partial charge on any atom is 0.256 e. The van der Waals surface area contributed by atoms with E-state index in [1.54, 1.807) is 0 Å². The summed E-state index contributed by atoms with van der Waals surface area (Å²) in [6.07, 6.45) is -0.437. The minimum atomic E-state index is -0.437. The number of amides is 1. The minimum Gasteiger partial charge on any atom is -0.366 e. The zero-order chi connectivity index (χ0) is 13.8. The topological polar surface area (TPSA) is 63.2 Å². The number of anilines is 1. The van der Waals surface area contributed by atoms with Gasteiger partial charge < -0.3 is 10.1 Å². The largest absolute Gasteiger partial charge is 0.366 e. The van der Waals surface area contributed by atoms with Gasteiger partial charge in [-0.3, -0.25) is 10.1 Å². The summed E-state index contributed by atoms with van der Waals surface area (Å²) in [5.74, 6) is -0.147. The van der Waals surface area contributed by atoms with E-state index in [-0.39, 0.29) is 18.3 Å². The van der Waals surface area contributed by atoms with Crippen molar-refractivity contribution in [1.29, 1.82) is 0 Å². The van der Waals surface area contributed by atoms with Gasteiger partial charge in [-0.05, 0) is 0 Å². The second kappa shape index (κ2) is 7.51. The number of carbonyl (C=O) groups excluding carboxylic acids is 1. The molecule has 0 aliphatic carbocycles. The van der Waals surface area contributed by atoms with Gasteiger partial charge in [0.05, 0.1) is 12.3 Å². The molecule has 1 aromatic carbocycles. The lowest BCUT2D eigenvalue weighted by atomic mass is 10.2. The summed E-state index contributed by atoms with van der Waals surface area (Å²) in [4.78, 5) is 16.4. The number of ether oxygens (including phenoxy) is 1. The quantitative estimate of drug-likeness (QED) is 0.907. The smallest absolute Gasteiger partial charge is 0.256 e. The zero-order valence-electron chi connectivity index (χ0n) is 11.2. The molecule has 7 heteroatoms. The van der Waals surface area contributed by atoms with Crippen LogP contribution in [0.2, 0.25) is 0 Å². The molecule has 1 saturated heterocycles. The Morgan fingerprint density at radius 1 is 1.38 bits per heavy atom. The highest BCUT2D eigenvalue weighted by Crippen LogP contribution is 2.24. The number of nitrogens with one attached hydrogen (secondary N) is 2. The molecule has 0 saturated carbocycles. The number of nitrogens with zero attached hydrogens (tertiary/aromatic N) is 1. The van der Waals surface area contributed by atoms with E-state index in [4.69, 9.17) is 4.74 Å². The van der Waals surface area contributed by atoms with Crippen molar-refractivity contribution in [3.05, 3.63) is 35.7 Å². The molecule has 112 valence electrons. The molecule has 3 rings (SSSR count). The van der Waals surface area contributed by atoms with Crippen LogP contribution in [0, 0.1) is 0 Å². The number of rotatable bonds is 3. The average molecular weight is 326 g/mol. The summed E-state index contributed by atoms with van der Waals surface area (Å²) in [6, 6.07) is 9.89. The van der Waals surface area contributed by atoms with Gasteiger partial charge >= 0.3 is 0 Å². The third-order valence-electron chi connectivity index (χ3n) is 3.02. The van der Waals surface area contributed by atoms with Crippen molar-refractivity contribution < 1.29 is 9.53 Å². The van der Waals surface area contributed by atoms with Crippen molar-refractivity contribution >= 4 is 34.8 Å².